The minimum atomic E-state index is -3.32. The van der Waals surface area contributed by atoms with E-state index in [-0.39, 0.29) is 12.2 Å². The standard InChI is InChI=1S/C11H19N2O2P/c1-3-10(4-2)13-16(14,15)9-11-7-5-6-8-12-11/h5-8,10H,3-4,9H2,1-2H3,(H2,13,14,15). The third-order valence-electron chi connectivity index (χ3n) is 2.47. The van der Waals surface area contributed by atoms with Gasteiger partial charge in [-0.2, -0.15) is 0 Å². The summed E-state index contributed by atoms with van der Waals surface area (Å²) in [5.74, 6) is 0. The molecule has 0 aliphatic rings. The van der Waals surface area contributed by atoms with Crippen LogP contribution in [0.1, 0.15) is 32.4 Å². The van der Waals surface area contributed by atoms with Crippen molar-refractivity contribution >= 4 is 7.52 Å². The Morgan fingerprint density at radius 2 is 2.12 bits per heavy atom. The fourth-order valence-electron chi connectivity index (χ4n) is 1.51. The Balaban J connectivity index is 2.61. The summed E-state index contributed by atoms with van der Waals surface area (Å²) in [5.41, 5.74) is 0.645. The summed E-state index contributed by atoms with van der Waals surface area (Å²) in [7, 11) is -3.32. The number of hydrogen-bond acceptors (Lipinski definition) is 2. The van der Waals surface area contributed by atoms with Gasteiger partial charge < -0.3 is 4.89 Å². The van der Waals surface area contributed by atoms with E-state index in [9.17, 15) is 9.46 Å². The van der Waals surface area contributed by atoms with E-state index in [0.717, 1.165) is 12.8 Å². The first-order valence-electron chi connectivity index (χ1n) is 5.57. The molecule has 0 saturated heterocycles. The number of rotatable bonds is 6. The summed E-state index contributed by atoms with van der Waals surface area (Å²) >= 11 is 0. The third-order valence-corrected chi connectivity index (χ3v) is 3.99. The molecule has 1 rings (SSSR count). The Hall–Kier alpha value is -0.700. The Labute approximate surface area is 96.6 Å². The van der Waals surface area contributed by atoms with Crippen LogP contribution in [0.2, 0.25) is 0 Å². The molecule has 0 bridgehead atoms. The molecular weight excluding hydrogens is 223 g/mol. The van der Waals surface area contributed by atoms with Gasteiger partial charge in [0.15, 0.2) is 0 Å². The molecule has 16 heavy (non-hydrogen) atoms. The van der Waals surface area contributed by atoms with Crippen molar-refractivity contribution in [2.24, 2.45) is 0 Å². The van der Waals surface area contributed by atoms with Gasteiger partial charge in [-0.1, -0.05) is 19.9 Å². The van der Waals surface area contributed by atoms with E-state index in [4.69, 9.17) is 0 Å². The molecule has 1 aromatic heterocycles. The summed E-state index contributed by atoms with van der Waals surface area (Å²) in [6.07, 6.45) is 3.42. The molecule has 1 atom stereocenters. The van der Waals surface area contributed by atoms with Crippen LogP contribution in [0.25, 0.3) is 0 Å². The maximum Gasteiger partial charge on any atom is 0.273 e. The molecule has 0 radical (unpaired) electrons. The molecule has 4 nitrogen and oxygen atoms in total. The number of pyridine rings is 1. The highest BCUT2D eigenvalue weighted by Gasteiger charge is 2.22. The Kier molecular flexibility index (Phi) is 5.13. The van der Waals surface area contributed by atoms with Crippen molar-refractivity contribution in [3.05, 3.63) is 30.1 Å². The van der Waals surface area contributed by atoms with Crippen molar-refractivity contribution in [1.29, 1.82) is 0 Å². The third kappa shape index (κ3) is 4.44. The molecule has 5 heteroatoms. The SMILES string of the molecule is CCC(CC)NP(=O)(O)Cc1ccccn1. The molecule has 1 heterocycles. The van der Waals surface area contributed by atoms with Gasteiger partial charge in [0.05, 0.1) is 11.9 Å². The van der Waals surface area contributed by atoms with E-state index in [1.165, 1.54) is 0 Å². The fourth-order valence-corrected chi connectivity index (χ4v) is 3.17. The molecule has 90 valence electrons. The molecular formula is C11H19N2O2P. The summed E-state index contributed by atoms with van der Waals surface area (Å²) < 4.78 is 11.9. The second kappa shape index (κ2) is 6.14. The summed E-state index contributed by atoms with van der Waals surface area (Å²) in [4.78, 5) is 13.9. The Morgan fingerprint density at radius 1 is 1.44 bits per heavy atom. The van der Waals surface area contributed by atoms with Crippen LogP contribution in [0.4, 0.5) is 0 Å². The van der Waals surface area contributed by atoms with Gasteiger partial charge >= 0.3 is 0 Å². The van der Waals surface area contributed by atoms with Gasteiger partial charge in [-0.3, -0.25) is 9.55 Å². The largest absolute Gasteiger partial charge is 0.333 e. The zero-order chi connectivity index (χ0) is 12.0. The van der Waals surface area contributed by atoms with Crippen molar-refractivity contribution in [2.75, 3.05) is 0 Å². The van der Waals surface area contributed by atoms with Crippen LogP contribution < -0.4 is 5.09 Å². The lowest BCUT2D eigenvalue weighted by atomic mass is 10.2. The van der Waals surface area contributed by atoms with Gasteiger partial charge in [-0.25, -0.2) is 5.09 Å². The quantitative estimate of drug-likeness (QED) is 0.752. The number of hydrogen-bond donors (Lipinski definition) is 2. The zero-order valence-corrected chi connectivity index (χ0v) is 10.7. The van der Waals surface area contributed by atoms with Crippen LogP contribution in [-0.4, -0.2) is 15.9 Å². The molecule has 1 aromatic rings. The summed E-state index contributed by atoms with van der Waals surface area (Å²) in [5, 5.41) is 2.81. The van der Waals surface area contributed by atoms with Crippen LogP contribution in [0.5, 0.6) is 0 Å². The monoisotopic (exact) mass is 242 g/mol. The molecule has 0 spiro atoms. The predicted molar refractivity (Wildman–Crippen MR) is 65.3 cm³/mol. The molecule has 0 aromatic carbocycles. The Bertz CT molecular complexity index is 352. The highest BCUT2D eigenvalue weighted by molar-refractivity contribution is 7.55. The number of aromatic nitrogens is 1. The van der Waals surface area contributed by atoms with E-state index in [1.807, 2.05) is 19.9 Å². The summed E-state index contributed by atoms with van der Waals surface area (Å²) in [6.45, 7) is 4.00. The smallest absolute Gasteiger partial charge is 0.273 e. The highest BCUT2D eigenvalue weighted by atomic mass is 31.2. The van der Waals surface area contributed by atoms with Crippen LogP contribution >= 0.6 is 7.52 Å². The Morgan fingerprint density at radius 3 is 2.62 bits per heavy atom. The normalized spacial score (nSPS) is 15.0. The van der Waals surface area contributed by atoms with Crippen molar-refractivity contribution in [3.8, 4) is 0 Å². The first kappa shape index (κ1) is 13.4. The second-order valence-electron chi connectivity index (χ2n) is 3.82. The molecule has 0 aliphatic carbocycles. The minimum Gasteiger partial charge on any atom is -0.333 e. The minimum absolute atomic E-state index is 0.0876. The number of nitrogens with zero attached hydrogens (tertiary/aromatic N) is 1. The van der Waals surface area contributed by atoms with E-state index in [0.29, 0.717) is 5.69 Å². The predicted octanol–water partition coefficient (Wildman–Crippen LogP) is 2.55. The molecule has 2 N–H and O–H groups in total. The van der Waals surface area contributed by atoms with Gasteiger partial charge in [-0.05, 0) is 25.0 Å². The molecule has 0 amide bonds. The number of nitrogens with one attached hydrogen (secondary N) is 1. The first-order valence-corrected chi connectivity index (χ1v) is 7.41. The first-order chi connectivity index (χ1) is 7.57. The summed E-state index contributed by atoms with van der Waals surface area (Å²) in [6, 6.07) is 5.47. The van der Waals surface area contributed by atoms with E-state index < -0.39 is 7.52 Å². The highest BCUT2D eigenvalue weighted by Crippen LogP contribution is 2.40. The average molecular weight is 242 g/mol. The zero-order valence-electron chi connectivity index (χ0n) is 9.76. The van der Waals surface area contributed by atoms with Gasteiger partial charge in [-0.15, -0.1) is 0 Å². The molecule has 0 fully saturated rings. The maximum absolute atomic E-state index is 11.9. The van der Waals surface area contributed by atoms with Gasteiger partial charge in [0.1, 0.15) is 0 Å². The average Bonchev–Trinajstić information content (AvgIpc) is 2.26. The van der Waals surface area contributed by atoms with Gasteiger partial charge in [0.25, 0.3) is 7.52 Å². The van der Waals surface area contributed by atoms with E-state index in [2.05, 4.69) is 10.1 Å². The van der Waals surface area contributed by atoms with Crippen molar-refractivity contribution < 1.29 is 9.46 Å². The van der Waals surface area contributed by atoms with Crippen LogP contribution in [-0.2, 0) is 10.7 Å². The van der Waals surface area contributed by atoms with Crippen molar-refractivity contribution in [3.63, 3.8) is 0 Å². The van der Waals surface area contributed by atoms with Crippen LogP contribution in [0, 0.1) is 0 Å². The van der Waals surface area contributed by atoms with Crippen LogP contribution in [0.3, 0.4) is 0 Å². The van der Waals surface area contributed by atoms with E-state index in [1.54, 1.807) is 18.3 Å². The lowest BCUT2D eigenvalue weighted by Gasteiger charge is -2.19. The second-order valence-corrected chi connectivity index (χ2v) is 5.80. The van der Waals surface area contributed by atoms with Gasteiger partial charge in [0.2, 0.25) is 0 Å². The lowest BCUT2D eigenvalue weighted by Crippen LogP contribution is -2.25. The van der Waals surface area contributed by atoms with Crippen LogP contribution in [0.15, 0.2) is 24.4 Å². The molecule has 0 aliphatic heterocycles. The maximum atomic E-state index is 11.9. The molecule has 0 saturated carbocycles. The van der Waals surface area contributed by atoms with Crippen molar-refractivity contribution in [1.82, 2.24) is 10.1 Å². The molecule has 1 unspecified atom stereocenters. The van der Waals surface area contributed by atoms with Gasteiger partial charge in [0, 0.05) is 12.2 Å². The van der Waals surface area contributed by atoms with Crippen molar-refractivity contribution in [2.45, 2.75) is 38.9 Å². The fraction of sp³-hybridized carbons (Fsp3) is 0.545. The van der Waals surface area contributed by atoms with E-state index >= 15 is 0 Å². The lowest BCUT2D eigenvalue weighted by molar-refractivity contribution is 0.437. The topological polar surface area (TPSA) is 62.2 Å².